The van der Waals surface area contributed by atoms with Crippen LogP contribution in [0.4, 0.5) is 0 Å². The van der Waals surface area contributed by atoms with Crippen LogP contribution in [0.3, 0.4) is 0 Å². The molecule has 0 saturated heterocycles. The van der Waals surface area contributed by atoms with Crippen LogP contribution in [0, 0.1) is 0 Å². The number of hydrogen-bond donors (Lipinski definition) is 2. The van der Waals surface area contributed by atoms with Crippen molar-refractivity contribution in [2.45, 2.75) is 44.7 Å². The lowest BCUT2D eigenvalue weighted by Gasteiger charge is -2.19. The van der Waals surface area contributed by atoms with Crippen LogP contribution in [-0.2, 0) is 4.79 Å². The Balaban J connectivity index is 1.84. The van der Waals surface area contributed by atoms with Crippen molar-refractivity contribution in [3.05, 3.63) is 40.8 Å². The number of amides is 1. The van der Waals surface area contributed by atoms with Crippen LogP contribution in [0.15, 0.2) is 35.3 Å². The molecule has 1 amide bonds. The molecule has 1 saturated carbocycles. The van der Waals surface area contributed by atoms with E-state index in [9.17, 15) is 9.59 Å². The van der Waals surface area contributed by atoms with Crippen molar-refractivity contribution in [2.75, 3.05) is 0 Å². The van der Waals surface area contributed by atoms with Crippen LogP contribution < -0.4 is 10.9 Å². The van der Waals surface area contributed by atoms with Crippen LogP contribution in [-0.4, -0.2) is 26.7 Å². The van der Waals surface area contributed by atoms with Gasteiger partial charge in [0.05, 0.1) is 11.7 Å². The predicted octanol–water partition coefficient (Wildman–Crippen LogP) is 2.50. The fraction of sp³-hybridized carbons (Fsp3) is 0.389. The Hall–Kier alpha value is -2.63. The summed E-state index contributed by atoms with van der Waals surface area (Å²) in [7, 11) is 0. The van der Waals surface area contributed by atoms with E-state index < -0.39 is 6.04 Å². The molecule has 24 heavy (non-hydrogen) atoms. The first kappa shape index (κ1) is 14.9. The van der Waals surface area contributed by atoms with Gasteiger partial charge in [0.15, 0.2) is 0 Å². The minimum Gasteiger partial charge on any atom is -0.352 e. The van der Waals surface area contributed by atoms with Crippen LogP contribution >= 0.6 is 0 Å². The van der Waals surface area contributed by atoms with Gasteiger partial charge in [-0.15, -0.1) is 0 Å². The fourth-order valence-electron chi connectivity index (χ4n) is 3.77. The minimum atomic E-state index is -0.462. The standard InChI is InChI=1S/C18H20N4O2/c1-11(17(23)20-12-6-2-3-7-12)22-15-9-5-4-8-13(15)14-10-19-21-18(24)16(14)22/h4-5,8-12H,2-3,6-7H2,1H3,(H,20,23)(H,21,24)/t11-/m0/s1. The molecule has 6 heteroatoms. The van der Waals surface area contributed by atoms with Gasteiger partial charge in [0.1, 0.15) is 11.6 Å². The Morgan fingerprint density at radius 2 is 2.04 bits per heavy atom. The van der Waals surface area contributed by atoms with Crippen molar-refractivity contribution in [2.24, 2.45) is 0 Å². The van der Waals surface area contributed by atoms with Crippen molar-refractivity contribution >= 4 is 27.7 Å². The molecular formula is C18H20N4O2. The summed E-state index contributed by atoms with van der Waals surface area (Å²) in [4.78, 5) is 25.1. The van der Waals surface area contributed by atoms with Gasteiger partial charge < -0.3 is 9.88 Å². The number of carbonyl (C=O) groups is 1. The third-order valence-electron chi connectivity index (χ3n) is 4.99. The third kappa shape index (κ3) is 2.29. The van der Waals surface area contributed by atoms with Crippen LogP contribution in [0.2, 0.25) is 0 Å². The molecule has 2 N–H and O–H groups in total. The molecular weight excluding hydrogens is 304 g/mol. The third-order valence-corrected chi connectivity index (χ3v) is 4.99. The van der Waals surface area contributed by atoms with Crippen molar-refractivity contribution in [1.29, 1.82) is 0 Å². The maximum Gasteiger partial charge on any atom is 0.288 e. The number of benzene rings is 1. The van der Waals surface area contributed by atoms with E-state index in [1.54, 1.807) is 6.20 Å². The zero-order valence-electron chi connectivity index (χ0n) is 13.6. The molecule has 6 nitrogen and oxygen atoms in total. The van der Waals surface area contributed by atoms with Gasteiger partial charge >= 0.3 is 0 Å². The Labute approximate surface area is 138 Å². The average molecular weight is 324 g/mol. The van der Waals surface area contributed by atoms with Gasteiger partial charge in [0.25, 0.3) is 5.56 Å². The molecule has 0 spiro atoms. The molecule has 0 bridgehead atoms. The van der Waals surface area contributed by atoms with E-state index in [2.05, 4.69) is 15.5 Å². The highest BCUT2D eigenvalue weighted by Crippen LogP contribution is 2.29. The van der Waals surface area contributed by atoms with Crippen LogP contribution in [0.25, 0.3) is 21.8 Å². The van der Waals surface area contributed by atoms with E-state index in [0.29, 0.717) is 5.52 Å². The number of hydrogen-bond acceptors (Lipinski definition) is 3. The van der Waals surface area contributed by atoms with Gasteiger partial charge in [-0.2, -0.15) is 5.10 Å². The van der Waals surface area contributed by atoms with E-state index in [1.807, 2.05) is 35.8 Å². The number of H-pyrrole nitrogens is 1. The summed E-state index contributed by atoms with van der Waals surface area (Å²) in [5, 5.41) is 11.2. The predicted molar refractivity (Wildman–Crippen MR) is 93.0 cm³/mol. The highest BCUT2D eigenvalue weighted by Gasteiger charge is 2.25. The number of rotatable bonds is 3. The number of nitrogens with zero attached hydrogens (tertiary/aromatic N) is 2. The highest BCUT2D eigenvalue weighted by molar-refractivity contribution is 6.08. The summed E-state index contributed by atoms with van der Waals surface area (Å²) < 4.78 is 1.83. The SMILES string of the molecule is C[C@@H](C(=O)NC1CCCC1)n1c2ccccc2c2cn[nH]c(=O)c21. The molecule has 1 aliphatic rings. The van der Waals surface area contributed by atoms with E-state index >= 15 is 0 Å². The normalized spacial score (nSPS) is 16.7. The van der Waals surface area contributed by atoms with E-state index in [1.165, 1.54) is 12.8 Å². The zero-order chi connectivity index (χ0) is 16.7. The summed E-state index contributed by atoms with van der Waals surface area (Å²) in [5.74, 6) is -0.0410. The molecule has 0 radical (unpaired) electrons. The van der Waals surface area contributed by atoms with Gasteiger partial charge in [0.2, 0.25) is 5.91 Å². The lowest BCUT2D eigenvalue weighted by molar-refractivity contribution is -0.124. The fourth-order valence-corrected chi connectivity index (χ4v) is 3.77. The molecule has 1 aliphatic carbocycles. The van der Waals surface area contributed by atoms with Crippen molar-refractivity contribution in [3.63, 3.8) is 0 Å². The Bertz CT molecular complexity index is 966. The number of fused-ring (bicyclic) bond motifs is 3. The highest BCUT2D eigenvalue weighted by atomic mass is 16.2. The number of aromatic nitrogens is 3. The topological polar surface area (TPSA) is 79.8 Å². The number of para-hydroxylation sites is 1. The first-order valence-corrected chi connectivity index (χ1v) is 8.43. The molecule has 2 heterocycles. The average Bonchev–Trinajstić information content (AvgIpc) is 3.21. The molecule has 3 aromatic rings. The molecule has 4 rings (SSSR count). The summed E-state index contributed by atoms with van der Waals surface area (Å²) >= 11 is 0. The van der Waals surface area contributed by atoms with Crippen LogP contribution in [0.5, 0.6) is 0 Å². The van der Waals surface area contributed by atoms with Gasteiger partial charge in [-0.3, -0.25) is 9.59 Å². The second kappa shape index (κ2) is 5.78. The molecule has 0 aliphatic heterocycles. The second-order valence-electron chi connectivity index (χ2n) is 6.51. The second-order valence-corrected chi connectivity index (χ2v) is 6.51. The maximum atomic E-state index is 12.7. The molecule has 124 valence electrons. The quantitative estimate of drug-likeness (QED) is 0.777. The van der Waals surface area contributed by atoms with E-state index in [0.717, 1.165) is 29.1 Å². The number of aromatic amines is 1. The minimum absolute atomic E-state index is 0.0410. The van der Waals surface area contributed by atoms with Crippen molar-refractivity contribution in [3.8, 4) is 0 Å². The van der Waals surface area contributed by atoms with E-state index in [-0.39, 0.29) is 17.5 Å². The van der Waals surface area contributed by atoms with Gasteiger partial charge in [-0.05, 0) is 25.8 Å². The van der Waals surface area contributed by atoms with E-state index in [4.69, 9.17) is 0 Å². The lowest BCUT2D eigenvalue weighted by Crippen LogP contribution is -2.37. The Kier molecular flexibility index (Phi) is 3.59. The maximum absolute atomic E-state index is 12.7. The van der Waals surface area contributed by atoms with Crippen molar-refractivity contribution < 1.29 is 4.79 Å². The number of carbonyl (C=O) groups excluding carboxylic acids is 1. The molecule has 1 atom stereocenters. The van der Waals surface area contributed by atoms with Gasteiger partial charge in [-0.25, -0.2) is 5.10 Å². The summed E-state index contributed by atoms with van der Waals surface area (Å²) in [6, 6.07) is 7.53. The smallest absolute Gasteiger partial charge is 0.288 e. The zero-order valence-corrected chi connectivity index (χ0v) is 13.6. The summed E-state index contributed by atoms with van der Waals surface area (Å²) in [6.07, 6.45) is 6.06. The van der Waals surface area contributed by atoms with Gasteiger partial charge in [-0.1, -0.05) is 31.0 Å². The monoisotopic (exact) mass is 324 g/mol. The molecule has 1 aromatic carbocycles. The van der Waals surface area contributed by atoms with Gasteiger partial charge in [0, 0.05) is 16.8 Å². The molecule has 0 unspecified atom stereocenters. The summed E-state index contributed by atoms with van der Waals surface area (Å²) in [5.41, 5.74) is 1.10. The van der Waals surface area contributed by atoms with Crippen molar-refractivity contribution in [1.82, 2.24) is 20.1 Å². The summed E-state index contributed by atoms with van der Waals surface area (Å²) in [6.45, 7) is 1.84. The largest absolute Gasteiger partial charge is 0.352 e. The van der Waals surface area contributed by atoms with Crippen LogP contribution in [0.1, 0.15) is 38.6 Å². The Morgan fingerprint density at radius 3 is 2.83 bits per heavy atom. The Morgan fingerprint density at radius 1 is 1.29 bits per heavy atom. The molecule has 1 fully saturated rings. The first-order chi connectivity index (χ1) is 11.7. The molecule has 2 aromatic heterocycles. The number of nitrogens with one attached hydrogen (secondary N) is 2. The lowest BCUT2D eigenvalue weighted by atomic mass is 10.2. The first-order valence-electron chi connectivity index (χ1n) is 8.43.